The maximum absolute atomic E-state index is 12.9. The number of rotatable bonds is 4. The molecule has 138 valence electrons. The van der Waals surface area contributed by atoms with Crippen molar-refractivity contribution >= 4 is 34.2 Å². The summed E-state index contributed by atoms with van der Waals surface area (Å²) in [4.78, 5) is 24.5. The molecule has 0 unspecified atom stereocenters. The number of benzene rings is 3. The number of hydrogen-bond donors (Lipinski definition) is 2. The van der Waals surface area contributed by atoms with Gasteiger partial charge in [-0.15, -0.1) is 0 Å². The van der Waals surface area contributed by atoms with Crippen LogP contribution in [0.5, 0.6) is 0 Å². The first-order valence-corrected chi connectivity index (χ1v) is 8.55. The number of hydrogen-bond acceptors (Lipinski definition) is 3. The minimum Gasteiger partial charge on any atom is -0.451 e. The van der Waals surface area contributed by atoms with Crippen molar-refractivity contribution < 1.29 is 18.4 Å². The molecule has 28 heavy (non-hydrogen) atoms. The minimum atomic E-state index is -0.402. The van der Waals surface area contributed by atoms with Crippen molar-refractivity contribution in [3.05, 3.63) is 96.0 Å². The van der Waals surface area contributed by atoms with E-state index in [0.29, 0.717) is 22.5 Å². The van der Waals surface area contributed by atoms with Crippen molar-refractivity contribution in [1.29, 1.82) is 0 Å². The predicted molar refractivity (Wildman–Crippen MR) is 105 cm³/mol. The highest BCUT2D eigenvalue weighted by Crippen LogP contribution is 2.21. The summed E-state index contributed by atoms with van der Waals surface area (Å²) in [5, 5.41) is 6.32. The van der Waals surface area contributed by atoms with Gasteiger partial charge in [-0.2, -0.15) is 0 Å². The van der Waals surface area contributed by atoms with E-state index in [9.17, 15) is 14.0 Å². The third-order valence-corrected chi connectivity index (χ3v) is 4.16. The van der Waals surface area contributed by atoms with E-state index in [0.717, 1.165) is 5.39 Å². The summed E-state index contributed by atoms with van der Waals surface area (Å²) < 4.78 is 18.5. The van der Waals surface area contributed by atoms with Gasteiger partial charge >= 0.3 is 0 Å². The van der Waals surface area contributed by atoms with Crippen molar-refractivity contribution in [2.45, 2.75) is 0 Å². The van der Waals surface area contributed by atoms with Crippen molar-refractivity contribution in [2.75, 3.05) is 10.6 Å². The topological polar surface area (TPSA) is 71.3 Å². The van der Waals surface area contributed by atoms with Crippen LogP contribution in [0, 0.1) is 5.82 Å². The number of amides is 2. The Kier molecular flexibility index (Phi) is 4.60. The first kappa shape index (κ1) is 17.5. The zero-order valence-electron chi connectivity index (χ0n) is 14.6. The molecule has 1 aromatic heterocycles. The third-order valence-electron chi connectivity index (χ3n) is 4.16. The van der Waals surface area contributed by atoms with Gasteiger partial charge in [-0.05, 0) is 60.7 Å². The Bertz CT molecular complexity index is 1120. The van der Waals surface area contributed by atoms with Gasteiger partial charge in [0, 0.05) is 22.3 Å². The fourth-order valence-electron chi connectivity index (χ4n) is 2.73. The lowest BCUT2D eigenvalue weighted by Gasteiger charge is -2.07. The van der Waals surface area contributed by atoms with E-state index in [1.165, 1.54) is 24.3 Å². The second kappa shape index (κ2) is 7.36. The molecule has 0 aliphatic carbocycles. The largest absolute Gasteiger partial charge is 0.451 e. The molecule has 0 saturated carbocycles. The summed E-state index contributed by atoms with van der Waals surface area (Å²) in [6, 6.07) is 21.0. The van der Waals surface area contributed by atoms with Crippen LogP contribution in [0.3, 0.4) is 0 Å². The molecule has 6 heteroatoms. The quantitative estimate of drug-likeness (QED) is 0.523. The first-order valence-electron chi connectivity index (χ1n) is 8.55. The summed E-state index contributed by atoms with van der Waals surface area (Å²) in [6.45, 7) is 0. The number of nitrogens with one attached hydrogen (secondary N) is 2. The molecule has 3 aromatic carbocycles. The van der Waals surface area contributed by atoms with Gasteiger partial charge in [0.2, 0.25) is 0 Å². The molecule has 1 heterocycles. The van der Waals surface area contributed by atoms with Gasteiger partial charge in [-0.1, -0.05) is 18.2 Å². The lowest BCUT2D eigenvalue weighted by molar-refractivity contribution is 0.0996. The van der Waals surface area contributed by atoms with Crippen molar-refractivity contribution in [3.8, 4) is 0 Å². The molecule has 0 fully saturated rings. The second-order valence-electron chi connectivity index (χ2n) is 6.14. The van der Waals surface area contributed by atoms with Gasteiger partial charge in [-0.3, -0.25) is 9.59 Å². The van der Waals surface area contributed by atoms with E-state index in [1.807, 2.05) is 18.2 Å². The molecule has 2 amide bonds. The van der Waals surface area contributed by atoms with Gasteiger partial charge < -0.3 is 15.1 Å². The van der Waals surface area contributed by atoms with Crippen molar-refractivity contribution in [1.82, 2.24) is 0 Å². The molecule has 0 atom stereocenters. The van der Waals surface area contributed by atoms with Crippen LogP contribution in [0.2, 0.25) is 0 Å². The minimum absolute atomic E-state index is 0.217. The SMILES string of the molecule is O=C(Nc1ccc(NC(=O)c2cc3ccccc3o2)cc1)c1ccc(F)cc1. The molecule has 4 rings (SSSR count). The average molecular weight is 374 g/mol. The number of furan rings is 1. The Morgan fingerprint density at radius 2 is 1.36 bits per heavy atom. The van der Waals surface area contributed by atoms with Crippen LogP contribution in [0.25, 0.3) is 11.0 Å². The lowest BCUT2D eigenvalue weighted by Crippen LogP contribution is -2.13. The highest BCUT2D eigenvalue weighted by atomic mass is 19.1. The van der Waals surface area contributed by atoms with Gasteiger partial charge in [0.25, 0.3) is 11.8 Å². The molecule has 0 aliphatic rings. The maximum Gasteiger partial charge on any atom is 0.291 e. The highest BCUT2D eigenvalue weighted by Gasteiger charge is 2.12. The highest BCUT2D eigenvalue weighted by molar-refractivity contribution is 6.06. The number of carbonyl (C=O) groups is 2. The van der Waals surface area contributed by atoms with Crippen LogP contribution in [0.15, 0.2) is 83.3 Å². The summed E-state index contributed by atoms with van der Waals surface area (Å²) in [5.74, 6) is -0.894. The normalized spacial score (nSPS) is 10.6. The predicted octanol–water partition coefficient (Wildman–Crippen LogP) is 5.08. The number of anilines is 2. The second-order valence-corrected chi connectivity index (χ2v) is 6.14. The maximum atomic E-state index is 12.9. The summed E-state index contributed by atoms with van der Waals surface area (Å²) in [5.41, 5.74) is 2.11. The molecule has 0 aliphatic heterocycles. The molecule has 0 radical (unpaired) electrons. The van der Waals surface area contributed by atoms with E-state index >= 15 is 0 Å². The monoisotopic (exact) mass is 374 g/mol. The molecular weight excluding hydrogens is 359 g/mol. The van der Waals surface area contributed by atoms with Crippen LogP contribution in [-0.2, 0) is 0 Å². The van der Waals surface area contributed by atoms with Crippen LogP contribution in [0.4, 0.5) is 15.8 Å². The van der Waals surface area contributed by atoms with E-state index in [-0.39, 0.29) is 17.6 Å². The van der Waals surface area contributed by atoms with E-state index in [4.69, 9.17) is 4.42 Å². The molecular formula is C22H15FN2O3. The van der Waals surface area contributed by atoms with Gasteiger partial charge in [-0.25, -0.2) is 4.39 Å². The number of carbonyl (C=O) groups excluding carboxylic acids is 2. The van der Waals surface area contributed by atoms with E-state index in [1.54, 1.807) is 36.4 Å². The standard InChI is InChI=1S/C22H15FN2O3/c23-16-7-5-14(6-8-16)21(26)24-17-9-11-18(12-10-17)25-22(27)20-13-15-3-1-2-4-19(15)28-20/h1-13H,(H,24,26)(H,25,27). The van der Waals surface area contributed by atoms with E-state index < -0.39 is 5.82 Å². The Morgan fingerprint density at radius 1 is 0.750 bits per heavy atom. The Labute approximate surface area is 159 Å². The number of fused-ring (bicyclic) bond motifs is 1. The van der Waals surface area contributed by atoms with Crippen LogP contribution >= 0.6 is 0 Å². The van der Waals surface area contributed by atoms with Gasteiger partial charge in [0.15, 0.2) is 5.76 Å². The van der Waals surface area contributed by atoms with Crippen LogP contribution in [-0.4, -0.2) is 11.8 Å². The zero-order valence-corrected chi connectivity index (χ0v) is 14.6. The Morgan fingerprint density at radius 3 is 2.00 bits per heavy atom. The number of halogens is 1. The summed E-state index contributed by atoms with van der Waals surface area (Å²) in [7, 11) is 0. The van der Waals surface area contributed by atoms with Crippen LogP contribution in [0.1, 0.15) is 20.9 Å². The Balaban J connectivity index is 1.42. The molecule has 2 N–H and O–H groups in total. The third kappa shape index (κ3) is 3.76. The lowest BCUT2D eigenvalue weighted by atomic mass is 10.2. The molecule has 5 nitrogen and oxygen atoms in total. The fourth-order valence-corrected chi connectivity index (χ4v) is 2.73. The Hall–Kier alpha value is -3.93. The summed E-state index contributed by atoms with van der Waals surface area (Å²) in [6.07, 6.45) is 0. The molecule has 4 aromatic rings. The zero-order chi connectivity index (χ0) is 19.5. The first-order chi connectivity index (χ1) is 13.6. The molecule has 0 spiro atoms. The van der Waals surface area contributed by atoms with Crippen LogP contribution < -0.4 is 10.6 Å². The average Bonchev–Trinajstić information content (AvgIpc) is 3.14. The molecule has 0 bridgehead atoms. The van der Waals surface area contributed by atoms with E-state index in [2.05, 4.69) is 10.6 Å². The van der Waals surface area contributed by atoms with Crippen molar-refractivity contribution in [2.24, 2.45) is 0 Å². The van der Waals surface area contributed by atoms with Crippen molar-refractivity contribution in [3.63, 3.8) is 0 Å². The van der Waals surface area contributed by atoms with Gasteiger partial charge in [0.05, 0.1) is 0 Å². The fraction of sp³-hybridized carbons (Fsp3) is 0. The van der Waals surface area contributed by atoms with Gasteiger partial charge in [0.1, 0.15) is 11.4 Å². The molecule has 0 saturated heterocycles. The smallest absolute Gasteiger partial charge is 0.291 e. The number of para-hydroxylation sites is 1. The summed E-state index contributed by atoms with van der Waals surface area (Å²) >= 11 is 0.